The second-order valence-electron chi connectivity index (χ2n) is 5.47. The number of hydrogen-bond donors (Lipinski definition) is 1. The first-order chi connectivity index (χ1) is 7.52. The minimum absolute atomic E-state index is 0.0650. The van der Waals surface area contributed by atoms with Crippen LogP contribution in [-0.4, -0.2) is 30.0 Å². The van der Waals surface area contributed by atoms with Crippen molar-refractivity contribution in [3.05, 3.63) is 0 Å². The lowest BCUT2D eigenvalue weighted by Gasteiger charge is -2.28. The third kappa shape index (κ3) is 3.69. The van der Waals surface area contributed by atoms with E-state index >= 15 is 0 Å². The Labute approximate surface area is 104 Å². The number of sulfone groups is 1. The zero-order valence-electron chi connectivity index (χ0n) is 11.4. The summed E-state index contributed by atoms with van der Waals surface area (Å²) < 4.78 is 23.1. The molecule has 4 nitrogen and oxygen atoms in total. The molecule has 0 heterocycles. The van der Waals surface area contributed by atoms with Gasteiger partial charge in [0, 0.05) is 0 Å². The minimum Gasteiger partial charge on any atom is -0.481 e. The maximum absolute atomic E-state index is 12.0. The Morgan fingerprint density at radius 3 is 1.76 bits per heavy atom. The maximum Gasteiger partial charge on any atom is 0.309 e. The molecule has 0 radical (unpaired) electrons. The molecule has 5 heteroatoms. The molecule has 0 aliphatic rings. The number of carbonyl (C=O) groups is 1. The summed E-state index contributed by atoms with van der Waals surface area (Å²) in [5.74, 6) is -0.962. The number of carboxylic acids is 1. The summed E-state index contributed by atoms with van der Waals surface area (Å²) in [6, 6.07) is 0. The Morgan fingerprint density at radius 1 is 1.12 bits per heavy atom. The van der Waals surface area contributed by atoms with Crippen molar-refractivity contribution in [2.75, 3.05) is 5.75 Å². The number of rotatable bonds is 6. The molecule has 1 N–H and O–H groups in total. The van der Waals surface area contributed by atoms with E-state index in [2.05, 4.69) is 0 Å². The Bertz CT molecular complexity index is 358. The lowest BCUT2D eigenvalue weighted by Crippen LogP contribution is -2.36. The van der Waals surface area contributed by atoms with Gasteiger partial charge in [-0.15, -0.1) is 0 Å². The van der Waals surface area contributed by atoms with Crippen LogP contribution in [0.2, 0.25) is 0 Å². The van der Waals surface area contributed by atoms with Crippen molar-refractivity contribution in [2.45, 2.75) is 58.6 Å². The Hall–Kier alpha value is -0.580. The predicted octanol–water partition coefficient (Wildman–Crippen LogP) is 2.48. The first-order valence-electron chi connectivity index (χ1n) is 5.98. The van der Waals surface area contributed by atoms with Gasteiger partial charge >= 0.3 is 5.97 Å². The lowest BCUT2D eigenvalue weighted by molar-refractivity contribution is -0.149. The number of hydrogen-bond acceptors (Lipinski definition) is 3. The molecule has 102 valence electrons. The first-order valence-corrected chi connectivity index (χ1v) is 7.63. The van der Waals surface area contributed by atoms with E-state index in [9.17, 15) is 18.3 Å². The highest BCUT2D eigenvalue weighted by atomic mass is 32.2. The lowest BCUT2D eigenvalue weighted by atomic mass is 9.80. The molecule has 0 aliphatic heterocycles. The van der Waals surface area contributed by atoms with Gasteiger partial charge < -0.3 is 5.11 Å². The van der Waals surface area contributed by atoms with Gasteiger partial charge in [0.05, 0.1) is 15.9 Å². The van der Waals surface area contributed by atoms with Gasteiger partial charge in [-0.3, -0.25) is 4.79 Å². The Balaban J connectivity index is 4.93. The summed E-state index contributed by atoms with van der Waals surface area (Å²) in [7, 11) is -3.25. The van der Waals surface area contributed by atoms with Crippen LogP contribution in [-0.2, 0) is 14.6 Å². The molecule has 0 saturated heterocycles. The van der Waals surface area contributed by atoms with E-state index in [1.54, 1.807) is 34.6 Å². The third-order valence-electron chi connectivity index (χ3n) is 3.59. The second-order valence-corrected chi connectivity index (χ2v) is 8.34. The van der Waals surface area contributed by atoms with Crippen molar-refractivity contribution in [1.29, 1.82) is 0 Å². The summed E-state index contributed by atoms with van der Waals surface area (Å²) in [5, 5.41) is 9.23. The van der Waals surface area contributed by atoms with Crippen molar-refractivity contribution >= 4 is 15.8 Å². The van der Waals surface area contributed by atoms with Crippen LogP contribution in [0.4, 0.5) is 0 Å². The molecular formula is C12H24O4S. The molecule has 0 aromatic heterocycles. The molecule has 0 unspecified atom stereocenters. The fourth-order valence-electron chi connectivity index (χ4n) is 1.65. The van der Waals surface area contributed by atoms with E-state index in [-0.39, 0.29) is 12.2 Å². The van der Waals surface area contributed by atoms with Crippen molar-refractivity contribution < 1.29 is 18.3 Å². The molecule has 17 heavy (non-hydrogen) atoms. The van der Waals surface area contributed by atoms with E-state index in [0.717, 1.165) is 0 Å². The average molecular weight is 264 g/mol. The van der Waals surface area contributed by atoms with Crippen LogP contribution in [0.15, 0.2) is 0 Å². The van der Waals surface area contributed by atoms with Gasteiger partial charge in [0.1, 0.15) is 0 Å². The molecule has 0 bridgehead atoms. The SMILES string of the molecule is CCC(CC)(CCS(=O)(=O)C(C)(C)C)C(=O)O. The molecule has 0 amide bonds. The average Bonchev–Trinajstić information content (AvgIpc) is 2.17. The van der Waals surface area contributed by atoms with Gasteiger partial charge in [-0.05, 0) is 40.0 Å². The van der Waals surface area contributed by atoms with Crippen LogP contribution in [0.5, 0.6) is 0 Å². The molecule has 0 aliphatic carbocycles. The van der Waals surface area contributed by atoms with Crippen LogP contribution in [0, 0.1) is 5.41 Å². The molecule has 0 saturated carbocycles. The van der Waals surface area contributed by atoms with Crippen molar-refractivity contribution in [2.24, 2.45) is 5.41 Å². The topological polar surface area (TPSA) is 71.4 Å². The zero-order chi connectivity index (χ0) is 13.9. The number of aliphatic carboxylic acids is 1. The minimum atomic E-state index is -3.25. The summed E-state index contributed by atoms with van der Waals surface area (Å²) in [4.78, 5) is 11.3. The first kappa shape index (κ1) is 16.4. The van der Waals surface area contributed by atoms with Crippen LogP contribution in [0.1, 0.15) is 53.9 Å². The van der Waals surface area contributed by atoms with Gasteiger partial charge in [0.25, 0.3) is 0 Å². The van der Waals surface area contributed by atoms with E-state index in [1.165, 1.54) is 0 Å². The molecule has 0 fully saturated rings. The Kier molecular flexibility index (Phi) is 5.19. The smallest absolute Gasteiger partial charge is 0.309 e. The van der Waals surface area contributed by atoms with Gasteiger partial charge in [-0.1, -0.05) is 13.8 Å². The molecule has 0 aromatic rings. The predicted molar refractivity (Wildman–Crippen MR) is 68.8 cm³/mol. The molecule has 0 atom stereocenters. The van der Waals surface area contributed by atoms with Crippen LogP contribution < -0.4 is 0 Å². The van der Waals surface area contributed by atoms with Gasteiger partial charge in [0.15, 0.2) is 9.84 Å². The monoisotopic (exact) mass is 264 g/mol. The summed E-state index contributed by atoms with van der Waals surface area (Å²) >= 11 is 0. The summed E-state index contributed by atoms with van der Waals surface area (Å²) in [6.07, 6.45) is 1.10. The fourth-order valence-corrected chi connectivity index (χ4v) is 2.92. The van der Waals surface area contributed by atoms with Crippen molar-refractivity contribution in [1.82, 2.24) is 0 Å². The molecular weight excluding hydrogens is 240 g/mol. The third-order valence-corrected chi connectivity index (χ3v) is 6.20. The highest BCUT2D eigenvalue weighted by molar-refractivity contribution is 7.92. The van der Waals surface area contributed by atoms with E-state index < -0.39 is 26.0 Å². The Morgan fingerprint density at radius 2 is 1.53 bits per heavy atom. The van der Waals surface area contributed by atoms with E-state index in [0.29, 0.717) is 12.8 Å². The van der Waals surface area contributed by atoms with Crippen molar-refractivity contribution in [3.8, 4) is 0 Å². The normalized spacial score (nSPS) is 13.7. The van der Waals surface area contributed by atoms with Crippen LogP contribution in [0.3, 0.4) is 0 Å². The molecule has 0 spiro atoms. The summed E-state index contributed by atoms with van der Waals surface area (Å²) in [6.45, 7) is 8.51. The number of carboxylic acid groups (broad SMARTS) is 1. The largest absolute Gasteiger partial charge is 0.481 e. The van der Waals surface area contributed by atoms with Crippen LogP contribution in [0.25, 0.3) is 0 Å². The molecule has 0 aromatic carbocycles. The van der Waals surface area contributed by atoms with Gasteiger partial charge in [0.2, 0.25) is 0 Å². The second kappa shape index (κ2) is 5.38. The maximum atomic E-state index is 12.0. The van der Waals surface area contributed by atoms with Gasteiger partial charge in [-0.25, -0.2) is 8.42 Å². The van der Waals surface area contributed by atoms with E-state index in [4.69, 9.17) is 0 Å². The summed E-state index contributed by atoms with van der Waals surface area (Å²) in [5.41, 5.74) is -0.904. The van der Waals surface area contributed by atoms with Crippen LogP contribution >= 0.6 is 0 Å². The zero-order valence-corrected chi connectivity index (χ0v) is 12.2. The fraction of sp³-hybridized carbons (Fsp3) is 0.917. The highest BCUT2D eigenvalue weighted by Gasteiger charge is 2.38. The van der Waals surface area contributed by atoms with Crippen molar-refractivity contribution in [3.63, 3.8) is 0 Å². The molecule has 0 rings (SSSR count). The highest BCUT2D eigenvalue weighted by Crippen LogP contribution is 2.32. The standard InChI is InChI=1S/C12H24O4S/c1-6-12(7-2,10(13)14)8-9-17(15,16)11(3,4)5/h6-9H2,1-5H3,(H,13,14). The van der Waals surface area contributed by atoms with Gasteiger partial charge in [-0.2, -0.15) is 0 Å². The quantitative estimate of drug-likeness (QED) is 0.800. The van der Waals surface area contributed by atoms with E-state index in [1.807, 2.05) is 0 Å².